The zero-order valence-electron chi connectivity index (χ0n) is 14.3. The molecule has 0 spiro atoms. The lowest BCUT2D eigenvalue weighted by atomic mass is 10.0. The number of carbonyl (C=O) groups excluding carboxylic acids is 1. The molecule has 0 bridgehead atoms. The summed E-state index contributed by atoms with van der Waals surface area (Å²) in [5, 5.41) is 5.43. The van der Waals surface area contributed by atoms with Gasteiger partial charge in [0.2, 0.25) is 0 Å². The fraction of sp³-hybridized carbons (Fsp3) is 0.100. The molecule has 138 valence electrons. The van der Waals surface area contributed by atoms with E-state index in [1.807, 2.05) is 6.07 Å². The van der Waals surface area contributed by atoms with E-state index >= 15 is 0 Å². The van der Waals surface area contributed by atoms with Crippen LogP contribution in [-0.4, -0.2) is 17.9 Å². The van der Waals surface area contributed by atoms with Gasteiger partial charge in [0.1, 0.15) is 5.82 Å². The maximum absolute atomic E-state index is 12.8. The highest BCUT2D eigenvalue weighted by Crippen LogP contribution is 2.31. The van der Waals surface area contributed by atoms with Crippen LogP contribution in [0.3, 0.4) is 0 Å². The van der Waals surface area contributed by atoms with E-state index in [0.717, 1.165) is 23.3 Å². The van der Waals surface area contributed by atoms with Gasteiger partial charge in [-0.25, -0.2) is 4.98 Å². The number of amides is 1. The van der Waals surface area contributed by atoms with E-state index in [1.165, 1.54) is 12.1 Å². The highest BCUT2D eigenvalue weighted by Gasteiger charge is 2.30. The molecule has 0 saturated carbocycles. The third-order valence-corrected chi connectivity index (χ3v) is 3.91. The van der Waals surface area contributed by atoms with Gasteiger partial charge in [-0.2, -0.15) is 13.2 Å². The molecule has 0 radical (unpaired) electrons. The van der Waals surface area contributed by atoms with Gasteiger partial charge < -0.3 is 10.6 Å². The van der Waals surface area contributed by atoms with Crippen molar-refractivity contribution in [2.24, 2.45) is 0 Å². The van der Waals surface area contributed by atoms with Gasteiger partial charge >= 0.3 is 6.18 Å². The fourth-order valence-corrected chi connectivity index (χ4v) is 2.54. The van der Waals surface area contributed by atoms with Crippen LogP contribution in [0.1, 0.15) is 15.9 Å². The quantitative estimate of drug-likeness (QED) is 0.688. The first kappa shape index (κ1) is 18.4. The third kappa shape index (κ3) is 4.44. The van der Waals surface area contributed by atoms with Crippen molar-refractivity contribution in [3.8, 4) is 11.1 Å². The maximum atomic E-state index is 12.8. The second kappa shape index (κ2) is 7.49. The van der Waals surface area contributed by atoms with Crippen molar-refractivity contribution in [1.82, 2.24) is 10.3 Å². The minimum absolute atomic E-state index is 0.187. The number of hydrogen-bond acceptors (Lipinski definition) is 3. The molecule has 0 atom stereocenters. The molecule has 1 aromatic heterocycles. The van der Waals surface area contributed by atoms with Gasteiger partial charge in [-0.3, -0.25) is 4.79 Å². The summed E-state index contributed by atoms with van der Waals surface area (Å²) in [5.74, 6) is 0.230. The summed E-state index contributed by atoms with van der Waals surface area (Å²) in [6.07, 6.45) is -2.80. The van der Waals surface area contributed by atoms with Gasteiger partial charge in [-0.15, -0.1) is 0 Å². The van der Waals surface area contributed by atoms with E-state index in [0.29, 0.717) is 17.1 Å². The fourth-order valence-electron chi connectivity index (χ4n) is 2.54. The summed E-state index contributed by atoms with van der Waals surface area (Å²) in [5.41, 5.74) is 1.70. The lowest BCUT2D eigenvalue weighted by Gasteiger charge is -2.11. The van der Waals surface area contributed by atoms with Gasteiger partial charge in [0.15, 0.2) is 0 Å². The van der Waals surface area contributed by atoms with E-state index < -0.39 is 11.7 Å². The predicted molar refractivity (Wildman–Crippen MR) is 97.8 cm³/mol. The molecule has 3 rings (SSSR count). The number of rotatable bonds is 4. The predicted octanol–water partition coefficient (Wildman–Crippen LogP) is 4.87. The monoisotopic (exact) mass is 371 g/mol. The number of nitrogens with one attached hydrogen (secondary N) is 2. The molecular weight excluding hydrogens is 355 g/mol. The molecular formula is C20H16F3N3O. The summed E-state index contributed by atoms with van der Waals surface area (Å²) in [7, 11) is 1.56. The number of anilines is 2. The smallest absolute Gasteiger partial charge is 0.355 e. The number of pyridine rings is 1. The summed E-state index contributed by atoms with van der Waals surface area (Å²) in [6.45, 7) is 0. The second-order valence-corrected chi connectivity index (χ2v) is 5.80. The summed E-state index contributed by atoms with van der Waals surface area (Å²) < 4.78 is 38.4. The second-order valence-electron chi connectivity index (χ2n) is 5.80. The molecule has 1 amide bonds. The van der Waals surface area contributed by atoms with E-state index in [9.17, 15) is 18.0 Å². The Morgan fingerprint density at radius 1 is 0.963 bits per heavy atom. The summed E-state index contributed by atoms with van der Waals surface area (Å²) in [6, 6.07) is 15.5. The molecule has 0 saturated heterocycles. The van der Waals surface area contributed by atoms with Crippen LogP contribution < -0.4 is 10.6 Å². The lowest BCUT2D eigenvalue weighted by Crippen LogP contribution is -2.17. The Bertz CT molecular complexity index is 953. The van der Waals surface area contributed by atoms with Gasteiger partial charge in [0.05, 0.1) is 5.56 Å². The van der Waals surface area contributed by atoms with Gasteiger partial charge in [0.25, 0.3) is 5.91 Å². The Morgan fingerprint density at radius 3 is 2.41 bits per heavy atom. The molecule has 2 aromatic carbocycles. The number of hydrogen-bond donors (Lipinski definition) is 2. The van der Waals surface area contributed by atoms with Crippen molar-refractivity contribution >= 4 is 17.4 Å². The molecule has 1 heterocycles. The number of halogens is 3. The first-order valence-electron chi connectivity index (χ1n) is 8.09. The molecule has 27 heavy (non-hydrogen) atoms. The Kier molecular flexibility index (Phi) is 5.12. The van der Waals surface area contributed by atoms with Gasteiger partial charge in [0, 0.05) is 30.1 Å². The van der Waals surface area contributed by atoms with Crippen molar-refractivity contribution in [3.05, 3.63) is 78.0 Å². The van der Waals surface area contributed by atoms with E-state index in [-0.39, 0.29) is 5.91 Å². The molecule has 7 heteroatoms. The topological polar surface area (TPSA) is 54.0 Å². The molecule has 0 aliphatic rings. The first-order chi connectivity index (χ1) is 12.9. The van der Waals surface area contributed by atoms with Gasteiger partial charge in [-0.1, -0.05) is 18.2 Å². The highest BCUT2D eigenvalue weighted by atomic mass is 19.4. The third-order valence-electron chi connectivity index (χ3n) is 3.91. The maximum Gasteiger partial charge on any atom is 0.416 e. The number of nitrogens with zero attached hydrogens (tertiary/aromatic N) is 1. The molecule has 0 aliphatic heterocycles. The Labute approximate surface area is 154 Å². The van der Waals surface area contributed by atoms with Crippen molar-refractivity contribution in [1.29, 1.82) is 0 Å². The highest BCUT2D eigenvalue weighted by molar-refractivity contribution is 5.95. The molecule has 0 unspecified atom stereocenters. The van der Waals surface area contributed by atoms with Crippen molar-refractivity contribution in [2.75, 3.05) is 12.4 Å². The summed E-state index contributed by atoms with van der Waals surface area (Å²) >= 11 is 0. The van der Waals surface area contributed by atoms with E-state index in [4.69, 9.17) is 0 Å². The Balaban J connectivity index is 1.79. The largest absolute Gasteiger partial charge is 0.416 e. The van der Waals surface area contributed by atoms with Crippen LogP contribution in [0.5, 0.6) is 0 Å². The van der Waals surface area contributed by atoms with Crippen LogP contribution in [0.25, 0.3) is 11.1 Å². The molecule has 2 N–H and O–H groups in total. The number of carbonyl (C=O) groups is 1. The average Bonchev–Trinajstić information content (AvgIpc) is 2.67. The standard InChI is InChI=1S/C20H16F3N3O/c1-24-19(27)14-5-2-4-13(10-14)15-8-9-18(25-12-15)26-17-7-3-6-16(11-17)20(21,22)23/h2-12H,1H3,(H,24,27)(H,25,26). The van der Waals surface area contributed by atoms with E-state index in [2.05, 4.69) is 15.6 Å². The zero-order valence-corrected chi connectivity index (χ0v) is 14.3. The number of aromatic nitrogens is 1. The van der Waals surface area contributed by atoms with Crippen molar-refractivity contribution in [2.45, 2.75) is 6.18 Å². The average molecular weight is 371 g/mol. The van der Waals surface area contributed by atoms with Crippen LogP contribution >= 0.6 is 0 Å². The van der Waals surface area contributed by atoms with Crippen LogP contribution in [0, 0.1) is 0 Å². The Hall–Kier alpha value is -3.35. The SMILES string of the molecule is CNC(=O)c1cccc(-c2ccc(Nc3cccc(C(F)(F)F)c3)nc2)c1. The van der Waals surface area contributed by atoms with Crippen LogP contribution in [-0.2, 0) is 6.18 Å². The molecule has 0 fully saturated rings. The minimum Gasteiger partial charge on any atom is -0.355 e. The van der Waals surface area contributed by atoms with Crippen molar-refractivity contribution in [3.63, 3.8) is 0 Å². The zero-order chi connectivity index (χ0) is 19.4. The first-order valence-corrected chi connectivity index (χ1v) is 8.09. The Morgan fingerprint density at radius 2 is 1.74 bits per heavy atom. The van der Waals surface area contributed by atoms with Crippen LogP contribution in [0.4, 0.5) is 24.7 Å². The number of alkyl halides is 3. The molecule has 3 aromatic rings. The van der Waals surface area contributed by atoms with Crippen molar-refractivity contribution < 1.29 is 18.0 Å². The van der Waals surface area contributed by atoms with Crippen LogP contribution in [0.2, 0.25) is 0 Å². The molecule has 4 nitrogen and oxygen atoms in total. The normalized spacial score (nSPS) is 11.1. The molecule has 0 aliphatic carbocycles. The minimum atomic E-state index is -4.40. The van der Waals surface area contributed by atoms with E-state index in [1.54, 1.807) is 43.6 Å². The van der Waals surface area contributed by atoms with Crippen LogP contribution in [0.15, 0.2) is 66.9 Å². The van der Waals surface area contributed by atoms with Gasteiger partial charge in [-0.05, 0) is 48.0 Å². The summed E-state index contributed by atoms with van der Waals surface area (Å²) in [4.78, 5) is 16.0. The number of benzene rings is 2. The lowest BCUT2D eigenvalue weighted by molar-refractivity contribution is -0.137.